The van der Waals surface area contributed by atoms with Crippen molar-refractivity contribution < 1.29 is 27.1 Å². The minimum atomic E-state index is -4.58. The Bertz CT molecular complexity index is 1150. The van der Waals surface area contributed by atoms with Crippen molar-refractivity contribution in [2.75, 3.05) is 30.4 Å². The summed E-state index contributed by atoms with van der Waals surface area (Å²) < 4.78 is 60.3. The molecule has 1 aromatic heterocycles. The van der Waals surface area contributed by atoms with Crippen LogP contribution in [0.5, 0.6) is 0 Å². The van der Waals surface area contributed by atoms with Gasteiger partial charge in [0, 0.05) is 42.5 Å². The number of hydrogen-bond donors (Lipinski definition) is 2. The Labute approximate surface area is 182 Å². The molecule has 1 aliphatic heterocycles. The average Bonchev–Trinajstić information content (AvgIpc) is 3.18. The third-order valence-corrected chi connectivity index (χ3v) is 5.83. The summed E-state index contributed by atoms with van der Waals surface area (Å²) in [5.74, 6) is -1.05. The number of fused-ring (bicyclic) bond motifs is 1. The van der Waals surface area contributed by atoms with E-state index in [2.05, 4.69) is 10.3 Å². The molecule has 1 saturated heterocycles. The molecule has 4 rings (SSSR count). The Morgan fingerprint density at radius 2 is 1.88 bits per heavy atom. The molecule has 0 aliphatic carbocycles. The van der Waals surface area contributed by atoms with E-state index >= 15 is 0 Å². The fraction of sp³-hybridized carbons (Fsp3) is 0.348. The highest BCUT2D eigenvalue weighted by Gasteiger charge is 2.36. The van der Waals surface area contributed by atoms with Gasteiger partial charge in [-0.15, -0.1) is 0 Å². The minimum absolute atomic E-state index is 0.0272. The summed E-state index contributed by atoms with van der Waals surface area (Å²) in [5, 5.41) is 3.18. The number of halogens is 4. The number of piperidine rings is 1. The largest absolute Gasteiger partial charge is 0.418 e. The molecule has 0 unspecified atom stereocenters. The highest BCUT2D eigenvalue weighted by atomic mass is 19.4. The van der Waals surface area contributed by atoms with E-state index in [1.807, 2.05) is 0 Å². The number of methoxy groups -OCH3 is 1. The molecular formula is C23H23F4N3O2. The van der Waals surface area contributed by atoms with Crippen molar-refractivity contribution in [1.29, 1.82) is 0 Å². The number of rotatable bonds is 4. The summed E-state index contributed by atoms with van der Waals surface area (Å²) in [6.07, 6.45) is -3.24. The molecule has 2 N–H and O–H groups in total. The molecule has 0 saturated carbocycles. The normalized spacial score (nSPS) is 15.4. The van der Waals surface area contributed by atoms with Gasteiger partial charge in [-0.2, -0.15) is 13.2 Å². The zero-order chi connectivity index (χ0) is 23.0. The second-order valence-electron chi connectivity index (χ2n) is 7.97. The lowest BCUT2D eigenvalue weighted by molar-refractivity contribution is -0.137. The Morgan fingerprint density at radius 1 is 1.16 bits per heavy atom. The van der Waals surface area contributed by atoms with E-state index in [9.17, 15) is 22.4 Å². The highest BCUT2D eigenvalue weighted by Crippen LogP contribution is 2.39. The third kappa shape index (κ3) is 4.43. The molecule has 32 heavy (non-hydrogen) atoms. The molecular weight excluding hydrogens is 426 g/mol. The molecule has 0 spiro atoms. The van der Waals surface area contributed by atoms with E-state index in [0.717, 1.165) is 6.07 Å². The van der Waals surface area contributed by atoms with Crippen molar-refractivity contribution in [3.05, 3.63) is 59.0 Å². The number of anilines is 2. The van der Waals surface area contributed by atoms with Gasteiger partial charge in [0.25, 0.3) is 5.91 Å². The first-order chi connectivity index (χ1) is 15.2. The molecule has 2 aromatic carbocycles. The predicted molar refractivity (Wildman–Crippen MR) is 115 cm³/mol. The Balaban J connectivity index is 1.59. The fourth-order valence-corrected chi connectivity index (χ4v) is 4.14. The summed E-state index contributed by atoms with van der Waals surface area (Å²) in [6, 6.07) is 7.96. The van der Waals surface area contributed by atoms with E-state index < -0.39 is 23.5 Å². The first-order valence-corrected chi connectivity index (χ1v) is 10.2. The molecule has 170 valence electrons. The van der Waals surface area contributed by atoms with Gasteiger partial charge in [0.1, 0.15) is 11.5 Å². The number of carbonyl (C=O) groups excluding carboxylic acids is 1. The zero-order valence-electron chi connectivity index (χ0n) is 17.6. The number of aromatic amines is 1. The molecule has 9 heteroatoms. The van der Waals surface area contributed by atoms with Gasteiger partial charge in [0.2, 0.25) is 0 Å². The molecule has 1 fully saturated rings. The van der Waals surface area contributed by atoms with Gasteiger partial charge in [0.15, 0.2) is 0 Å². The van der Waals surface area contributed by atoms with Gasteiger partial charge >= 0.3 is 6.18 Å². The first kappa shape index (κ1) is 22.1. The van der Waals surface area contributed by atoms with Crippen LogP contribution in [0.3, 0.4) is 0 Å². The van der Waals surface area contributed by atoms with Crippen molar-refractivity contribution in [3.63, 3.8) is 0 Å². The maximum absolute atomic E-state index is 13.8. The summed E-state index contributed by atoms with van der Waals surface area (Å²) in [7, 11) is 1.60. The van der Waals surface area contributed by atoms with Crippen LogP contribution >= 0.6 is 0 Å². The van der Waals surface area contributed by atoms with E-state index in [1.165, 1.54) is 24.3 Å². The second kappa shape index (κ2) is 8.46. The van der Waals surface area contributed by atoms with Gasteiger partial charge in [0.05, 0.1) is 11.7 Å². The molecule has 0 radical (unpaired) electrons. The van der Waals surface area contributed by atoms with E-state index in [1.54, 1.807) is 25.0 Å². The van der Waals surface area contributed by atoms with Crippen molar-refractivity contribution in [2.24, 2.45) is 0 Å². The number of aromatic nitrogens is 1. The van der Waals surface area contributed by atoms with Crippen LogP contribution in [0, 0.1) is 12.7 Å². The molecule has 0 atom stereocenters. The molecule has 1 aliphatic rings. The SMILES string of the molecule is COC1CCN(c2ccc(NC(=O)c3cc4c(C)cc(F)cc4[nH]3)cc2C(F)(F)F)CC1. The van der Waals surface area contributed by atoms with Crippen molar-refractivity contribution >= 4 is 28.2 Å². The number of ether oxygens (including phenoxy) is 1. The van der Waals surface area contributed by atoms with Gasteiger partial charge < -0.3 is 19.9 Å². The fourth-order valence-electron chi connectivity index (χ4n) is 4.14. The van der Waals surface area contributed by atoms with Crippen LogP contribution in [-0.4, -0.2) is 37.2 Å². The Hall–Kier alpha value is -3.07. The first-order valence-electron chi connectivity index (χ1n) is 10.2. The number of nitrogens with one attached hydrogen (secondary N) is 2. The van der Waals surface area contributed by atoms with Gasteiger partial charge in [-0.05, 0) is 61.7 Å². The van der Waals surface area contributed by atoms with Crippen LogP contribution in [0.1, 0.15) is 34.5 Å². The van der Waals surface area contributed by atoms with Crippen LogP contribution in [0.25, 0.3) is 10.9 Å². The van der Waals surface area contributed by atoms with Gasteiger partial charge in [-0.25, -0.2) is 4.39 Å². The zero-order valence-corrected chi connectivity index (χ0v) is 17.6. The lowest BCUT2D eigenvalue weighted by Gasteiger charge is -2.34. The number of nitrogens with zero attached hydrogens (tertiary/aromatic N) is 1. The Morgan fingerprint density at radius 3 is 2.53 bits per heavy atom. The quantitative estimate of drug-likeness (QED) is 0.517. The minimum Gasteiger partial charge on any atom is -0.381 e. The smallest absolute Gasteiger partial charge is 0.381 e. The summed E-state index contributed by atoms with van der Waals surface area (Å²) in [5.41, 5.74) is 0.532. The number of aryl methyl sites for hydroxylation is 1. The van der Waals surface area contributed by atoms with Crippen molar-refractivity contribution in [1.82, 2.24) is 4.98 Å². The average molecular weight is 449 g/mol. The van der Waals surface area contributed by atoms with Crippen LogP contribution in [-0.2, 0) is 10.9 Å². The Kier molecular flexibility index (Phi) is 5.85. The van der Waals surface area contributed by atoms with Crippen LogP contribution < -0.4 is 10.2 Å². The number of benzene rings is 2. The van der Waals surface area contributed by atoms with E-state index in [4.69, 9.17) is 4.74 Å². The van der Waals surface area contributed by atoms with Crippen molar-refractivity contribution in [3.8, 4) is 0 Å². The van der Waals surface area contributed by atoms with Gasteiger partial charge in [-0.1, -0.05) is 0 Å². The van der Waals surface area contributed by atoms with Crippen LogP contribution in [0.15, 0.2) is 36.4 Å². The number of carbonyl (C=O) groups is 1. The second-order valence-corrected chi connectivity index (χ2v) is 7.97. The lowest BCUT2D eigenvalue weighted by Crippen LogP contribution is -2.37. The molecule has 1 amide bonds. The summed E-state index contributed by atoms with van der Waals surface area (Å²) in [6.45, 7) is 2.63. The summed E-state index contributed by atoms with van der Waals surface area (Å²) >= 11 is 0. The molecule has 0 bridgehead atoms. The summed E-state index contributed by atoms with van der Waals surface area (Å²) in [4.78, 5) is 17.2. The number of hydrogen-bond acceptors (Lipinski definition) is 3. The molecule has 2 heterocycles. The number of H-pyrrole nitrogens is 1. The third-order valence-electron chi connectivity index (χ3n) is 5.83. The highest BCUT2D eigenvalue weighted by molar-refractivity contribution is 6.06. The molecule has 3 aromatic rings. The molecule has 5 nitrogen and oxygen atoms in total. The van der Waals surface area contributed by atoms with E-state index in [-0.39, 0.29) is 23.2 Å². The predicted octanol–water partition coefficient (Wildman–Crippen LogP) is 5.50. The van der Waals surface area contributed by atoms with Crippen LogP contribution in [0.2, 0.25) is 0 Å². The van der Waals surface area contributed by atoms with Crippen molar-refractivity contribution in [2.45, 2.75) is 32.0 Å². The maximum Gasteiger partial charge on any atom is 0.418 e. The maximum atomic E-state index is 13.8. The van der Waals surface area contributed by atoms with Gasteiger partial charge in [-0.3, -0.25) is 4.79 Å². The topological polar surface area (TPSA) is 57.4 Å². The lowest BCUT2D eigenvalue weighted by atomic mass is 10.0. The standard InChI is InChI=1S/C23H23F4N3O2/c1-13-9-14(24)10-19-17(13)12-20(29-19)22(31)28-15-3-4-21(18(11-15)23(25,26)27)30-7-5-16(32-2)6-8-30/h3-4,9-12,16,29H,5-8H2,1-2H3,(H,28,31). The number of amides is 1. The van der Waals surface area contributed by atoms with E-state index in [0.29, 0.717) is 42.4 Å². The number of alkyl halides is 3. The monoisotopic (exact) mass is 449 g/mol. The van der Waals surface area contributed by atoms with Crippen LogP contribution in [0.4, 0.5) is 28.9 Å².